The van der Waals surface area contributed by atoms with Crippen LogP contribution in [-0.4, -0.2) is 106 Å². The number of carbonyl (C=O) groups excluding carboxylic acids is 1. The maximum Gasteiger partial charge on any atom is 0.234 e. The molecule has 0 radical (unpaired) electrons. The summed E-state index contributed by atoms with van der Waals surface area (Å²) in [5.41, 5.74) is 1.32. The molecule has 8 heteroatoms. The molecule has 2 rings (SSSR count). The second-order valence-electron chi connectivity index (χ2n) is 7.78. The SMILES string of the molecule is CN=C(NCC(C)N(C)Cc1ccccc1)N1CCN(CC(=O)NCCOC)CC1. The summed E-state index contributed by atoms with van der Waals surface area (Å²) in [6, 6.07) is 10.9. The molecule has 1 saturated heterocycles. The molecule has 1 heterocycles. The van der Waals surface area contributed by atoms with E-state index in [9.17, 15) is 4.79 Å². The van der Waals surface area contributed by atoms with E-state index in [0.29, 0.717) is 25.7 Å². The van der Waals surface area contributed by atoms with Crippen molar-refractivity contribution in [2.24, 2.45) is 4.99 Å². The van der Waals surface area contributed by atoms with Gasteiger partial charge < -0.3 is 20.3 Å². The highest BCUT2D eigenvalue weighted by Gasteiger charge is 2.21. The minimum atomic E-state index is 0.0540. The zero-order valence-corrected chi connectivity index (χ0v) is 18.9. The summed E-state index contributed by atoms with van der Waals surface area (Å²) in [5.74, 6) is 0.984. The van der Waals surface area contributed by atoms with Crippen molar-refractivity contribution in [1.29, 1.82) is 0 Å². The fourth-order valence-electron chi connectivity index (χ4n) is 3.42. The molecule has 1 unspecified atom stereocenters. The van der Waals surface area contributed by atoms with Crippen LogP contribution in [0.25, 0.3) is 0 Å². The van der Waals surface area contributed by atoms with Crippen molar-refractivity contribution in [3.8, 4) is 0 Å². The lowest BCUT2D eigenvalue weighted by molar-refractivity contribution is -0.122. The Morgan fingerprint density at radius 2 is 1.90 bits per heavy atom. The number of methoxy groups -OCH3 is 1. The molecule has 1 atom stereocenters. The summed E-state index contributed by atoms with van der Waals surface area (Å²) < 4.78 is 4.96. The molecule has 1 aromatic carbocycles. The van der Waals surface area contributed by atoms with Gasteiger partial charge in [-0.15, -0.1) is 0 Å². The first-order valence-electron chi connectivity index (χ1n) is 10.7. The zero-order valence-electron chi connectivity index (χ0n) is 18.9. The lowest BCUT2D eigenvalue weighted by Gasteiger charge is -2.36. The first-order valence-corrected chi connectivity index (χ1v) is 10.7. The second kappa shape index (κ2) is 13.2. The standard InChI is InChI=1S/C22H38N6O2/c1-19(26(3)17-20-8-6-5-7-9-20)16-25-22(23-2)28-13-11-27(12-14-28)18-21(29)24-10-15-30-4/h5-9,19H,10-18H2,1-4H3,(H,23,25)(H,24,29). The molecule has 0 aliphatic carbocycles. The molecular weight excluding hydrogens is 380 g/mol. The van der Waals surface area contributed by atoms with Crippen molar-refractivity contribution in [1.82, 2.24) is 25.3 Å². The van der Waals surface area contributed by atoms with Gasteiger partial charge >= 0.3 is 0 Å². The van der Waals surface area contributed by atoms with Crippen LogP contribution >= 0.6 is 0 Å². The number of aliphatic imine (C=N–C) groups is 1. The molecule has 0 saturated carbocycles. The van der Waals surface area contributed by atoms with Crippen LogP contribution in [0, 0.1) is 0 Å². The summed E-state index contributed by atoms with van der Waals surface area (Å²) >= 11 is 0. The van der Waals surface area contributed by atoms with E-state index in [2.05, 4.69) is 68.6 Å². The van der Waals surface area contributed by atoms with Gasteiger partial charge in [0.15, 0.2) is 5.96 Å². The molecule has 30 heavy (non-hydrogen) atoms. The van der Waals surface area contributed by atoms with Gasteiger partial charge in [-0.1, -0.05) is 30.3 Å². The molecule has 0 bridgehead atoms. The van der Waals surface area contributed by atoms with Crippen molar-refractivity contribution < 1.29 is 9.53 Å². The predicted octanol–water partition coefficient (Wildman–Crippen LogP) is 0.463. The second-order valence-corrected chi connectivity index (χ2v) is 7.78. The Morgan fingerprint density at radius 3 is 2.53 bits per heavy atom. The molecule has 0 aromatic heterocycles. The molecular formula is C22H38N6O2. The summed E-state index contributed by atoms with van der Waals surface area (Å²) in [4.78, 5) is 23.2. The summed E-state index contributed by atoms with van der Waals surface area (Å²) in [6.07, 6.45) is 0. The molecule has 2 N–H and O–H groups in total. The van der Waals surface area contributed by atoms with Crippen molar-refractivity contribution in [2.45, 2.75) is 19.5 Å². The number of hydrogen-bond acceptors (Lipinski definition) is 5. The van der Waals surface area contributed by atoms with Gasteiger partial charge in [0.25, 0.3) is 0 Å². The van der Waals surface area contributed by atoms with Crippen LogP contribution in [0.2, 0.25) is 0 Å². The summed E-state index contributed by atoms with van der Waals surface area (Å²) in [5, 5.41) is 6.39. The van der Waals surface area contributed by atoms with Gasteiger partial charge in [-0.25, -0.2) is 0 Å². The van der Waals surface area contributed by atoms with E-state index in [1.165, 1.54) is 5.56 Å². The molecule has 1 aliphatic heterocycles. The Kier molecular flexibility index (Phi) is 10.6. The lowest BCUT2D eigenvalue weighted by Crippen LogP contribution is -2.55. The van der Waals surface area contributed by atoms with E-state index in [4.69, 9.17) is 4.74 Å². The van der Waals surface area contributed by atoms with Gasteiger partial charge in [-0.3, -0.25) is 19.6 Å². The van der Waals surface area contributed by atoms with Crippen LogP contribution in [0.1, 0.15) is 12.5 Å². The van der Waals surface area contributed by atoms with Crippen LogP contribution in [0.3, 0.4) is 0 Å². The van der Waals surface area contributed by atoms with E-state index in [1.807, 2.05) is 13.1 Å². The van der Waals surface area contributed by atoms with Crippen LogP contribution < -0.4 is 10.6 Å². The number of guanidine groups is 1. The van der Waals surface area contributed by atoms with Crippen molar-refractivity contribution >= 4 is 11.9 Å². The quantitative estimate of drug-likeness (QED) is 0.327. The average Bonchev–Trinajstić information content (AvgIpc) is 2.76. The maximum absolute atomic E-state index is 12.0. The molecule has 168 valence electrons. The van der Waals surface area contributed by atoms with Crippen molar-refractivity contribution in [3.63, 3.8) is 0 Å². The van der Waals surface area contributed by atoms with Crippen LogP contribution in [0.15, 0.2) is 35.3 Å². The van der Waals surface area contributed by atoms with E-state index >= 15 is 0 Å². The Hall–Kier alpha value is -2.16. The Morgan fingerprint density at radius 1 is 1.20 bits per heavy atom. The molecule has 1 aromatic rings. The molecule has 1 fully saturated rings. The monoisotopic (exact) mass is 418 g/mol. The fraction of sp³-hybridized carbons (Fsp3) is 0.636. The Bertz CT molecular complexity index is 646. The number of nitrogens with one attached hydrogen (secondary N) is 2. The number of hydrogen-bond donors (Lipinski definition) is 2. The highest BCUT2D eigenvalue weighted by molar-refractivity contribution is 5.80. The number of amides is 1. The third-order valence-electron chi connectivity index (χ3n) is 5.46. The van der Waals surface area contributed by atoms with E-state index in [-0.39, 0.29) is 5.91 Å². The van der Waals surface area contributed by atoms with Crippen molar-refractivity contribution in [3.05, 3.63) is 35.9 Å². The van der Waals surface area contributed by atoms with Crippen LogP contribution in [-0.2, 0) is 16.1 Å². The topological polar surface area (TPSA) is 72.4 Å². The van der Waals surface area contributed by atoms with Crippen LogP contribution in [0.4, 0.5) is 0 Å². The van der Waals surface area contributed by atoms with Crippen molar-refractivity contribution in [2.75, 3.05) is 73.6 Å². The van der Waals surface area contributed by atoms with E-state index < -0.39 is 0 Å². The predicted molar refractivity (Wildman–Crippen MR) is 122 cm³/mol. The number of likely N-dealkylation sites (N-methyl/N-ethyl adjacent to an activating group) is 1. The number of piperazine rings is 1. The third kappa shape index (κ3) is 8.30. The minimum Gasteiger partial charge on any atom is -0.383 e. The molecule has 8 nitrogen and oxygen atoms in total. The number of nitrogens with zero attached hydrogens (tertiary/aromatic N) is 4. The fourth-order valence-corrected chi connectivity index (χ4v) is 3.42. The Labute approximate surface area is 181 Å². The molecule has 1 amide bonds. The van der Waals surface area contributed by atoms with Gasteiger partial charge in [-0.05, 0) is 19.5 Å². The first kappa shape index (κ1) is 24.1. The van der Waals surface area contributed by atoms with E-state index in [0.717, 1.165) is 45.2 Å². The summed E-state index contributed by atoms with van der Waals surface area (Å²) in [7, 11) is 5.61. The third-order valence-corrected chi connectivity index (χ3v) is 5.46. The minimum absolute atomic E-state index is 0.0540. The highest BCUT2D eigenvalue weighted by Crippen LogP contribution is 2.06. The Balaban J connectivity index is 1.70. The smallest absolute Gasteiger partial charge is 0.234 e. The number of carbonyl (C=O) groups is 1. The molecule has 0 spiro atoms. The average molecular weight is 419 g/mol. The van der Waals surface area contributed by atoms with E-state index in [1.54, 1.807) is 7.11 Å². The van der Waals surface area contributed by atoms with Gasteiger partial charge in [-0.2, -0.15) is 0 Å². The first-order chi connectivity index (χ1) is 14.5. The van der Waals surface area contributed by atoms with Gasteiger partial charge in [0.1, 0.15) is 0 Å². The molecule has 1 aliphatic rings. The summed E-state index contributed by atoms with van der Waals surface area (Å²) in [6.45, 7) is 8.94. The largest absolute Gasteiger partial charge is 0.383 e. The zero-order chi connectivity index (χ0) is 21.8. The van der Waals surface area contributed by atoms with Crippen LogP contribution in [0.5, 0.6) is 0 Å². The van der Waals surface area contributed by atoms with Gasteiger partial charge in [0.05, 0.1) is 13.2 Å². The van der Waals surface area contributed by atoms with Gasteiger partial charge in [0.2, 0.25) is 5.91 Å². The number of rotatable bonds is 10. The number of benzene rings is 1. The normalized spacial score (nSPS) is 16.6. The lowest BCUT2D eigenvalue weighted by atomic mass is 10.2. The van der Waals surface area contributed by atoms with Gasteiger partial charge in [0, 0.05) is 66.0 Å². The number of ether oxygens (including phenoxy) is 1. The maximum atomic E-state index is 12.0. The highest BCUT2D eigenvalue weighted by atomic mass is 16.5.